The molecule has 5 aromatic rings. The van der Waals surface area contributed by atoms with E-state index in [1.807, 2.05) is 37.4 Å². The first-order valence-corrected chi connectivity index (χ1v) is 12.9. The summed E-state index contributed by atoms with van der Waals surface area (Å²) < 4.78 is 0. The van der Waals surface area contributed by atoms with Gasteiger partial charge in [0.15, 0.2) is 0 Å². The largest absolute Gasteiger partial charge is 0.388 e. The van der Waals surface area contributed by atoms with Crippen LogP contribution in [0.2, 0.25) is 0 Å². The van der Waals surface area contributed by atoms with Crippen LogP contribution in [0.4, 0.5) is 17.1 Å². The van der Waals surface area contributed by atoms with Crippen molar-refractivity contribution in [3.8, 4) is 0 Å². The van der Waals surface area contributed by atoms with E-state index in [0.717, 1.165) is 5.69 Å². The van der Waals surface area contributed by atoms with Gasteiger partial charge in [-0.15, -0.1) is 0 Å². The number of allylic oxidation sites excluding steroid dienone is 2. The van der Waals surface area contributed by atoms with E-state index in [4.69, 9.17) is 0 Å². The molecule has 0 spiro atoms. The van der Waals surface area contributed by atoms with Crippen LogP contribution < -0.4 is 10.2 Å². The van der Waals surface area contributed by atoms with E-state index in [-0.39, 0.29) is 6.04 Å². The van der Waals surface area contributed by atoms with E-state index in [2.05, 4.69) is 126 Å². The Bertz CT molecular complexity index is 1570. The predicted molar refractivity (Wildman–Crippen MR) is 159 cm³/mol. The summed E-state index contributed by atoms with van der Waals surface area (Å²) in [5.41, 5.74) is 7.70. The highest BCUT2D eigenvalue weighted by Gasteiger charge is 2.38. The minimum atomic E-state index is 0.286. The Kier molecular flexibility index (Phi) is 6.31. The molecule has 7 rings (SSSR count). The zero-order chi connectivity index (χ0) is 25.0. The third kappa shape index (κ3) is 4.54. The molecule has 2 nitrogen and oxygen atoms in total. The van der Waals surface area contributed by atoms with Crippen LogP contribution in [0.25, 0.3) is 16.3 Å². The Hall–Kier alpha value is -4.56. The Labute approximate surface area is 219 Å². The summed E-state index contributed by atoms with van der Waals surface area (Å²) in [4.78, 5) is 2.51. The molecule has 5 aromatic carbocycles. The summed E-state index contributed by atoms with van der Waals surface area (Å²) in [5.74, 6) is 0.380. The first kappa shape index (κ1) is 22.9. The van der Waals surface area contributed by atoms with Crippen molar-refractivity contribution in [2.45, 2.75) is 12.0 Å². The van der Waals surface area contributed by atoms with Gasteiger partial charge in [0, 0.05) is 30.0 Å². The van der Waals surface area contributed by atoms with Crippen LogP contribution in [0.1, 0.15) is 17.0 Å². The van der Waals surface area contributed by atoms with Crippen LogP contribution in [0, 0.1) is 0 Å². The maximum Gasteiger partial charge on any atom is 0.0635 e. The number of anilines is 3. The molecule has 0 aromatic heterocycles. The summed E-state index contributed by atoms with van der Waals surface area (Å²) >= 11 is 0. The molecule has 0 fully saturated rings. The van der Waals surface area contributed by atoms with Crippen molar-refractivity contribution in [3.05, 3.63) is 157 Å². The van der Waals surface area contributed by atoms with E-state index < -0.39 is 0 Å². The summed E-state index contributed by atoms with van der Waals surface area (Å²) in [6, 6.07) is 45.3. The van der Waals surface area contributed by atoms with Gasteiger partial charge in [-0.25, -0.2) is 0 Å². The zero-order valence-electron chi connectivity index (χ0n) is 21.0. The molecule has 0 radical (unpaired) electrons. The van der Waals surface area contributed by atoms with Crippen molar-refractivity contribution >= 4 is 33.4 Å². The molecule has 1 heterocycles. The molecule has 0 bridgehead atoms. The lowest BCUT2D eigenvalue weighted by atomic mass is 9.87. The van der Waals surface area contributed by atoms with Crippen LogP contribution in [0.5, 0.6) is 0 Å². The van der Waals surface area contributed by atoms with Gasteiger partial charge in [-0.2, -0.15) is 0 Å². The number of para-hydroxylation sites is 2. The maximum atomic E-state index is 3.03. The molecule has 0 saturated carbocycles. The lowest BCUT2D eigenvalue weighted by Gasteiger charge is -2.30. The fraction of sp³-hybridized carbons (Fsp3) is 0.0857. The minimum absolute atomic E-state index is 0.286. The predicted octanol–water partition coefficient (Wildman–Crippen LogP) is 8.83. The van der Waals surface area contributed by atoms with Gasteiger partial charge in [0.2, 0.25) is 0 Å². The van der Waals surface area contributed by atoms with Crippen LogP contribution in [-0.2, 0) is 0 Å². The van der Waals surface area contributed by atoms with E-state index in [9.17, 15) is 0 Å². The standard InChI is InChI=1S/C28H21N.C7H9N/c1-2-8-20(9-3-1)23-15-17-26-25-12-6-7-13-27(25)29(28(26)19-23)24-16-14-21-10-4-5-11-22(21)18-24;1-8-7-5-3-2-4-6-7/h1-19,26,28H;2-6,8H,1H3. The Morgan fingerprint density at radius 2 is 1.32 bits per heavy atom. The molecule has 2 heteroatoms. The number of rotatable bonds is 3. The molecule has 1 N–H and O–H groups in total. The molecular formula is C35H30N2. The molecule has 180 valence electrons. The first-order valence-electron chi connectivity index (χ1n) is 12.9. The van der Waals surface area contributed by atoms with Gasteiger partial charge in [0.1, 0.15) is 0 Å². The smallest absolute Gasteiger partial charge is 0.0635 e. The number of benzene rings is 5. The lowest BCUT2D eigenvalue weighted by Crippen LogP contribution is -2.29. The molecule has 2 aliphatic rings. The summed E-state index contributed by atoms with van der Waals surface area (Å²) in [6.45, 7) is 0. The van der Waals surface area contributed by atoms with Crippen LogP contribution in [-0.4, -0.2) is 13.1 Å². The van der Waals surface area contributed by atoms with Crippen molar-refractivity contribution in [3.63, 3.8) is 0 Å². The highest BCUT2D eigenvalue weighted by Crippen LogP contribution is 2.49. The summed E-state index contributed by atoms with van der Waals surface area (Å²) in [5, 5.41) is 5.59. The van der Waals surface area contributed by atoms with E-state index >= 15 is 0 Å². The number of hydrogen-bond donors (Lipinski definition) is 1. The molecule has 2 atom stereocenters. The summed E-state index contributed by atoms with van der Waals surface area (Å²) in [7, 11) is 1.91. The lowest BCUT2D eigenvalue weighted by molar-refractivity contribution is 0.747. The van der Waals surface area contributed by atoms with E-state index in [0.29, 0.717) is 5.92 Å². The monoisotopic (exact) mass is 478 g/mol. The Morgan fingerprint density at radius 3 is 2.08 bits per heavy atom. The second-order valence-electron chi connectivity index (χ2n) is 9.44. The summed E-state index contributed by atoms with van der Waals surface area (Å²) in [6.07, 6.45) is 7.11. The third-order valence-corrected chi connectivity index (χ3v) is 7.24. The van der Waals surface area contributed by atoms with Gasteiger partial charge in [0.05, 0.1) is 6.04 Å². The molecule has 37 heavy (non-hydrogen) atoms. The van der Waals surface area contributed by atoms with Crippen molar-refractivity contribution in [2.24, 2.45) is 0 Å². The van der Waals surface area contributed by atoms with E-state index in [1.54, 1.807) is 0 Å². The second kappa shape index (κ2) is 10.2. The SMILES string of the molecule is C1=CC2c3ccccc3N(c3ccc4ccccc4c3)C2C=C1c1ccccc1.CNc1ccccc1. The number of nitrogens with one attached hydrogen (secondary N) is 1. The zero-order valence-corrected chi connectivity index (χ0v) is 21.0. The molecular weight excluding hydrogens is 448 g/mol. The van der Waals surface area contributed by atoms with Gasteiger partial charge < -0.3 is 10.2 Å². The highest BCUT2D eigenvalue weighted by molar-refractivity contribution is 5.89. The quantitative estimate of drug-likeness (QED) is 0.279. The van der Waals surface area contributed by atoms with Crippen molar-refractivity contribution < 1.29 is 0 Å². The molecule has 2 unspecified atom stereocenters. The normalized spacial score (nSPS) is 17.3. The van der Waals surface area contributed by atoms with Crippen molar-refractivity contribution in [2.75, 3.05) is 17.3 Å². The maximum absolute atomic E-state index is 3.03. The topological polar surface area (TPSA) is 15.3 Å². The molecule has 1 aliphatic heterocycles. The second-order valence-corrected chi connectivity index (χ2v) is 9.44. The fourth-order valence-electron chi connectivity index (χ4n) is 5.40. The van der Waals surface area contributed by atoms with Gasteiger partial charge in [-0.05, 0) is 57.8 Å². The number of hydrogen-bond acceptors (Lipinski definition) is 2. The van der Waals surface area contributed by atoms with Gasteiger partial charge in [-0.3, -0.25) is 0 Å². The fourth-order valence-corrected chi connectivity index (χ4v) is 5.40. The third-order valence-electron chi connectivity index (χ3n) is 7.24. The molecule has 0 amide bonds. The van der Waals surface area contributed by atoms with Crippen molar-refractivity contribution in [1.82, 2.24) is 0 Å². The number of fused-ring (bicyclic) bond motifs is 4. The van der Waals surface area contributed by atoms with E-state index in [1.165, 1.54) is 38.8 Å². The van der Waals surface area contributed by atoms with Crippen LogP contribution >= 0.6 is 0 Å². The minimum Gasteiger partial charge on any atom is -0.388 e. The van der Waals surface area contributed by atoms with Crippen LogP contribution in [0.15, 0.2) is 146 Å². The molecule has 1 aliphatic carbocycles. The highest BCUT2D eigenvalue weighted by atomic mass is 15.2. The van der Waals surface area contributed by atoms with Gasteiger partial charge in [0.25, 0.3) is 0 Å². The Balaban J connectivity index is 0.000000272. The average molecular weight is 479 g/mol. The Morgan fingerprint density at radius 1 is 0.649 bits per heavy atom. The van der Waals surface area contributed by atoms with Crippen LogP contribution in [0.3, 0.4) is 0 Å². The van der Waals surface area contributed by atoms with Gasteiger partial charge in [-0.1, -0.05) is 115 Å². The first-order chi connectivity index (χ1) is 18.3. The van der Waals surface area contributed by atoms with Gasteiger partial charge >= 0.3 is 0 Å². The number of nitrogens with zero attached hydrogens (tertiary/aromatic N) is 1. The molecule has 0 saturated heterocycles. The average Bonchev–Trinajstić information content (AvgIpc) is 3.32. The van der Waals surface area contributed by atoms with Crippen molar-refractivity contribution in [1.29, 1.82) is 0 Å².